The van der Waals surface area contributed by atoms with Gasteiger partial charge in [0, 0.05) is 37.6 Å². The minimum Gasteiger partial charge on any atom is -0.494 e. The zero-order chi connectivity index (χ0) is 22.7. The second kappa shape index (κ2) is 12.2. The lowest BCUT2D eigenvalue weighted by molar-refractivity contribution is 0.310. The normalized spacial score (nSPS) is 11.8. The summed E-state index contributed by atoms with van der Waals surface area (Å²) in [6.45, 7) is 10.7. The fourth-order valence-corrected chi connectivity index (χ4v) is 12.5. The number of rotatable bonds is 14. The highest BCUT2D eigenvalue weighted by molar-refractivity contribution is 6.84. The van der Waals surface area contributed by atoms with Gasteiger partial charge in [-0.05, 0) is 75.4 Å². The lowest BCUT2D eigenvalue weighted by Gasteiger charge is -2.35. The quantitative estimate of drug-likeness (QED) is 0.251. The number of benzene rings is 2. The van der Waals surface area contributed by atoms with Gasteiger partial charge in [0.05, 0.1) is 13.2 Å². The van der Waals surface area contributed by atoms with E-state index in [9.17, 15) is 0 Å². The van der Waals surface area contributed by atoms with Gasteiger partial charge < -0.3 is 24.2 Å². The maximum atomic E-state index is 6.75. The van der Waals surface area contributed by atoms with Gasteiger partial charge in [-0.3, -0.25) is 0 Å². The Bertz CT molecular complexity index is 741. The molecule has 2 rings (SSSR count). The summed E-state index contributed by atoms with van der Waals surface area (Å²) in [5.41, 5.74) is 2.14. The molecule has 31 heavy (non-hydrogen) atoms. The average molecular weight is 461 g/mol. The molecule has 0 saturated heterocycles. The molecule has 0 aromatic heterocycles. The average Bonchev–Trinajstić information content (AvgIpc) is 2.73. The monoisotopic (exact) mass is 460 g/mol. The van der Waals surface area contributed by atoms with Crippen molar-refractivity contribution in [1.82, 2.24) is 0 Å². The highest BCUT2D eigenvalue weighted by Gasteiger charge is 2.33. The molecule has 0 heterocycles. The van der Waals surface area contributed by atoms with Gasteiger partial charge in [-0.15, -0.1) is 0 Å². The van der Waals surface area contributed by atoms with E-state index in [0.717, 1.165) is 61.0 Å². The first kappa shape index (κ1) is 25.3. The molecule has 7 heteroatoms. The molecule has 0 fully saturated rings. The fraction of sp³-hybridized carbons (Fsp3) is 0.500. The minimum absolute atomic E-state index is 0.720. The summed E-state index contributed by atoms with van der Waals surface area (Å²) in [6.07, 6.45) is 2.03. The SMILES string of the molecule is CNc1cccc(OCCC[Si](C)(CCCOc2cccc(NC)c2)O[Si](C)(C)C)c1. The van der Waals surface area contributed by atoms with E-state index in [1.165, 1.54) is 0 Å². The van der Waals surface area contributed by atoms with Crippen molar-refractivity contribution in [2.45, 2.75) is 51.1 Å². The molecule has 0 aliphatic rings. The van der Waals surface area contributed by atoms with E-state index in [-0.39, 0.29) is 0 Å². The molecular formula is C24H40N2O3Si2. The summed E-state index contributed by atoms with van der Waals surface area (Å²) in [7, 11) is 0.421. The van der Waals surface area contributed by atoms with Crippen LogP contribution in [0.4, 0.5) is 11.4 Å². The van der Waals surface area contributed by atoms with Gasteiger partial charge >= 0.3 is 0 Å². The predicted octanol–water partition coefficient (Wildman–Crippen LogP) is 6.43. The Kier molecular flexibility index (Phi) is 9.93. The third-order valence-electron chi connectivity index (χ3n) is 5.04. The largest absolute Gasteiger partial charge is 0.494 e. The van der Waals surface area contributed by atoms with Gasteiger partial charge in [0.2, 0.25) is 0 Å². The first-order valence-electron chi connectivity index (χ1n) is 11.2. The molecule has 0 saturated carbocycles. The Hall–Kier alpha value is -1.97. The number of hydrogen-bond acceptors (Lipinski definition) is 5. The lowest BCUT2D eigenvalue weighted by atomic mass is 10.3. The Balaban J connectivity index is 1.82. The molecule has 2 N–H and O–H groups in total. The molecule has 5 nitrogen and oxygen atoms in total. The van der Waals surface area contributed by atoms with Gasteiger partial charge in [-0.25, -0.2) is 0 Å². The molecule has 2 aromatic rings. The van der Waals surface area contributed by atoms with E-state index in [0.29, 0.717) is 0 Å². The van der Waals surface area contributed by atoms with E-state index in [1.807, 2.05) is 62.6 Å². The zero-order valence-corrected chi connectivity index (χ0v) is 22.1. The van der Waals surface area contributed by atoms with E-state index in [2.05, 4.69) is 36.8 Å². The minimum atomic E-state index is -1.82. The van der Waals surface area contributed by atoms with Gasteiger partial charge in [-0.1, -0.05) is 12.1 Å². The van der Waals surface area contributed by atoms with E-state index in [1.54, 1.807) is 0 Å². The smallest absolute Gasteiger partial charge is 0.176 e. The van der Waals surface area contributed by atoms with Gasteiger partial charge in [0.1, 0.15) is 11.5 Å². The van der Waals surface area contributed by atoms with Crippen molar-refractivity contribution in [3.05, 3.63) is 48.5 Å². The third-order valence-corrected chi connectivity index (χ3v) is 12.3. The van der Waals surface area contributed by atoms with E-state index in [4.69, 9.17) is 13.6 Å². The van der Waals surface area contributed by atoms with Crippen LogP contribution in [0.15, 0.2) is 48.5 Å². The Morgan fingerprint density at radius 1 is 0.710 bits per heavy atom. The maximum Gasteiger partial charge on any atom is 0.176 e. The van der Waals surface area contributed by atoms with Crippen molar-refractivity contribution in [2.75, 3.05) is 37.9 Å². The van der Waals surface area contributed by atoms with Crippen LogP contribution in [0.25, 0.3) is 0 Å². The Morgan fingerprint density at radius 3 is 1.55 bits per heavy atom. The van der Waals surface area contributed by atoms with Crippen LogP contribution in [-0.4, -0.2) is 43.9 Å². The van der Waals surface area contributed by atoms with Crippen LogP contribution in [0.5, 0.6) is 11.5 Å². The molecular weight excluding hydrogens is 420 g/mol. The topological polar surface area (TPSA) is 51.8 Å². The summed E-state index contributed by atoms with van der Waals surface area (Å²) < 4.78 is 18.7. The summed E-state index contributed by atoms with van der Waals surface area (Å²) in [5, 5.41) is 6.30. The molecule has 0 spiro atoms. The summed E-state index contributed by atoms with van der Waals surface area (Å²) >= 11 is 0. The zero-order valence-electron chi connectivity index (χ0n) is 20.1. The molecule has 0 radical (unpaired) electrons. The first-order valence-corrected chi connectivity index (χ1v) is 17.5. The van der Waals surface area contributed by atoms with Crippen LogP contribution in [0.1, 0.15) is 12.8 Å². The first-order chi connectivity index (χ1) is 14.7. The van der Waals surface area contributed by atoms with E-state index >= 15 is 0 Å². The highest BCUT2D eigenvalue weighted by Crippen LogP contribution is 2.27. The second-order valence-corrected chi connectivity index (χ2v) is 18.1. The van der Waals surface area contributed by atoms with Crippen molar-refractivity contribution < 1.29 is 13.6 Å². The van der Waals surface area contributed by atoms with E-state index < -0.39 is 16.6 Å². The molecule has 0 aliphatic heterocycles. The molecule has 0 unspecified atom stereocenters. The predicted molar refractivity (Wildman–Crippen MR) is 138 cm³/mol. The van der Waals surface area contributed by atoms with Gasteiger partial charge in [0.15, 0.2) is 16.6 Å². The van der Waals surface area contributed by atoms with Crippen molar-refractivity contribution >= 4 is 28.0 Å². The van der Waals surface area contributed by atoms with Gasteiger partial charge in [0.25, 0.3) is 0 Å². The number of ether oxygens (including phenoxy) is 2. The standard InChI is InChI=1S/C24H40N2O3Si2/c1-25-21-11-7-13-23(19-21)27-15-9-17-31(6,29-30(3,4)5)18-10-16-28-24-14-8-12-22(20-24)26-2/h7-8,11-14,19-20,25-26H,9-10,15-18H2,1-6H3. The van der Waals surface area contributed by atoms with Gasteiger partial charge in [-0.2, -0.15) is 0 Å². The number of hydrogen-bond donors (Lipinski definition) is 2. The van der Waals surface area contributed by atoms with Crippen LogP contribution < -0.4 is 20.1 Å². The van der Waals surface area contributed by atoms with Crippen LogP contribution in [0.3, 0.4) is 0 Å². The summed E-state index contributed by atoms with van der Waals surface area (Å²) in [6, 6.07) is 18.4. The van der Waals surface area contributed by atoms with Crippen molar-refractivity contribution in [3.63, 3.8) is 0 Å². The molecule has 172 valence electrons. The summed E-state index contributed by atoms with van der Waals surface area (Å²) in [4.78, 5) is 0. The Morgan fingerprint density at radius 2 is 1.16 bits per heavy atom. The third kappa shape index (κ3) is 9.80. The number of anilines is 2. The molecule has 0 atom stereocenters. The molecule has 0 amide bonds. The van der Waals surface area contributed by atoms with Crippen LogP contribution in [0, 0.1) is 0 Å². The molecule has 0 aliphatic carbocycles. The fourth-order valence-electron chi connectivity index (χ4n) is 3.72. The molecule has 0 bridgehead atoms. The van der Waals surface area contributed by atoms with Crippen LogP contribution in [0.2, 0.25) is 38.3 Å². The summed E-state index contributed by atoms with van der Waals surface area (Å²) in [5.74, 6) is 1.83. The van der Waals surface area contributed by atoms with Crippen LogP contribution in [-0.2, 0) is 4.12 Å². The maximum absolute atomic E-state index is 6.75. The van der Waals surface area contributed by atoms with Crippen molar-refractivity contribution in [1.29, 1.82) is 0 Å². The van der Waals surface area contributed by atoms with Crippen molar-refractivity contribution in [3.8, 4) is 11.5 Å². The van der Waals surface area contributed by atoms with Crippen molar-refractivity contribution in [2.24, 2.45) is 0 Å². The van der Waals surface area contributed by atoms with Crippen LogP contribution >= 0.6 is 0 Å². The highest BCUT2D eigenvalue weighted by atomic mass is 28.4. The number of nitrogens with one attached hydrogen (secondary N) is 2. The lowest BCUT2D eigenvalue weighted by Crippen LogP contribution is -2.45. The second-order valence-electron chi connectivity index (χ2n) is 9.12. The molecule has 2 aromatic carbocycles. The Labute approximate surface area is 190 Å².